The molecule has 0 aromatic heterocycles. The average molecular weight is 282 g/mol. The third-order valence-corrected chi connectivity index (χ3v) is 3.33. The molecule has 2 unspecified atom stereocenters. The van der Waals surface area contributed by atoms with Crippen LogP contribution in [0.3, 0.4) is 0 Å². The van der Waals surface area contributed by atoms with E-state index in [0.717, 1.165) is 0 Å². The second kappa shape index (κ2) is 6.67. The number of ether oxygens (including phenoxy) is 1. The lowest BCUT2D eigenvalue weighted by Gasteiger charge is -2.15. The summed E-state index contributed by atoms with van der Waals surface area (Å²) < 4.78 is 18.8. The third-order valence-electron chi connectivity index (χ3n) is 3.33. The standard InChI is InChI=1S/C14H19FN2O3/c1-2-20-13-10(4-3-5-11(13)15)14(19)17-7-9-6-16-8-12(9)18/h3-5,9,12,16,18H,2,6-8H2,1H3,(H,17,19). The van der Waals surface area contributed by atoms with Gasteiger partial charge in [-0.25, -0.2) is 4.39 Å². The van der Waals surface area contributed by atoms with Gasteiger partial charge >= 0.3 is 0 Å². The zero-order chi connectivity index (χ0) is 14.5. The number of aliphatic hydroxyl groups is 1. The van der Waals surface area contributed by atoms with Crippen LogP contribution >= 0.6 is 0 Å². The summed E-state index contributed by atoms with van der Waals surface area (Å²) in [5, 5.41) is 15.4. The van der Waals surface area contributed by atoms with Crippen LogP contribution in [-0.4, -0.2) is 43.4 Å². The van der Waals surface area contributed by atoms with Crippen LogP contribution in [0.25, 0.3) is 0 Å². The normalized spacial score (nSPS) is 21.8. The lowest BCUT2D eigenvalue weighted by Crippen LogP contribution is -2.34. The molecule has 3 N–H and O–H groups in total. The van der Waals surface area contributed by atoms with E-state index in [1.807, 2.05) is 0 Å². The number of carbonyl (C=O) groups is 1. The SMILES string of the molecule is CCOc1c(F)cccc1C(=O)NCC1CNCC1O. The maximum absolute atomic E-state index is 13.6. The van der Waals surface area contributed by atoms with Crippen molar-refractivity contribution >= 4 is 5.91 Å². The number of benzene rings is 1. The second-order valence-corrected chi connectivity index (χ2v) is 4.75. The summed E-state index contributed by atoms with van der Waals surface area (Å²) in [4.78, 5) is 12.1. The van der Waals surface area contributed by atoms with Gasteiger partial charge in [-0.05, 0) is 19.1 Å². The predicted octanol–water partition coefficient (Wildman–Crippen LogP) is 0.534. The van der Waals surface area contributed by atoms with Crippen LogP contribution in [0.4, 0.5) is 4.39 Å². The number of β-amino-alcohol motifs (C(OH)–C–C–N with tert-alkyl or cyclic N) is 1. The van der Waals surface area contributed by atoms with E-state index in [0.29, 0.717) is 19.6 Å². The molecule has 5 nitrogen and oxygen atoms in total. The number of halogens is 1. The van der Waals surface area contributed by atoms with Crippen LogP contribution in [0.5, 0.6) is 5.75 Å². The van der Waals surface area contributed by atoms with Gasteiger partial charge in [-0.1, -0.05) is 6.07 Å². The highest BCUT2D eigenvalue weighted by Crippen LogP contribution is 2.22. The molecule has 1 saturated heterocycles. The molecule has 2 atom stereocenters. The van der Waals surface area contributed by atoms with Crippen molar-refractivity contribution in [2.24, 2.45) is 5.92 Å². The van der Waals surface area contributed by atoms with Crippen LogP contribution in [0.15, 0.2) is 18.2 Å². The summed E-state index contributed by atoms with van der Waals surface area (Å²) in [6.07, 6.45) is -0.464. The van der Waals surface area contributed by atoms with Gasteiger partial charge in [0.05, 0.1) is 18.3 Å². The zero-order valence-corrected chi connectivity index (χ0v) is 11.4. The Morgan fingerprint density at radius 3 is 3.00 bits per heavy atom. The summed E-state index contributed by atoms with van der Waals surface area (Å²) >= 11 is 0. The molecule has 1 heterocycles. The second-order valence-electron chi connectivity index (χ2n) is 4.75. The quantitative estimate of drug-likeness (QED) is 0.737. The molecule has 1 aromatic carbocycles. The van der Waals surface area contributed by atoms with Crippen molar-refractivity contribution in [1.29, 1.82) is 0 Å². The van der Waals surface area contributed by atoms with Gasteiger partial charge in [-0.3, -0.25) is 4.79 Å². The lowest BCUT2D eigenvalue weighted by atomic mass is 10.1. The van der Waals surface area contributed by atoms with Crippen LogP contribution in [0.1, 0.15) is 17.3 Å². The molecular weight excluding hydrogens is 263 g/mol. The predicted molar refractivity (Wildman–Crippen MR) is 72.3 cm³/mol. The Balaban J connectivity index is 2.03. The minimum Gasteiger partial charge on any atom is -0.490 e. The third kappa shape index (κ3) is 3.26. The van der Waals surface area contributed by atoms with E-state index in [9.17, 15) is 14.3 Å². The molecule has 20 heavy (non-hydrogen) atoms. The van der Waals surface area contributed by atoms with Gasteiger partial charge in [-0.2, -0.15) is 0 Å². The molecule has 1 fully saturated rings. The number of aliphatic hydroxyl groups excluding tert-OH is 1. The first-order valence-corrected chi connectivity index (χ1v) is 6.71. The van der Waals surface area contributed by atoms with Gasteiger partial charge in [0.1, 0.15) is 0 Å². The van der Waals surface area contributed by atoms with Gasteiger partial charge in [0.25, 0.3) is 5.91 Å². The van der Waals surface area contributed by atoms with E-state index in [4.69, 9.17) is 4.74 Å². The highest BCUT2D eigenvalue weighted by Gasteiger charge is 2.26. The molecule has 1 aliphatic rings. The Kier molecular flexibility index (Phi) is 4.92. The van der Waals surface area contributed by atoms with Crippen molar-refractivity contribution in [2.45, 2.75) is 13.0 Å². The molecule has 0 saturated carbocycles. The number of hydrogen-bond donors (Lipinski definition) is 3. The molecule has 0 aliphatic carbocycles. The van der Waals surface area contributed by atoms with Crippen molar-refractivity contribution in [3.8, 4) is 5.75 Å². The number of hydrogen-bond acceptors (Lipinski definition) is 4. The summed E-state index contributed by atoms with van der Waals surface area (Å²) in [5.74, 6) is -1.00. The van der Waals surface area contributed by atoms with Crippen molar-refractivity contribution < 1.29 is 19.0 Å². The number of para-hydroxylation sites is 1. The Labute approximate surface area is 117 Å². The van der Waals surface area contributed by atoms with E-state index >= 15 is 0 Å². The molecule has 0 bridgehead atoms. The highest BCUT2D eigenvalue weighted by molar-refractivity contribution is 5.97. The van der Waals surface area contributed by atoms with Crippen LogP contribution in [-0.2, 0) is 0 Å². The summed E-state index contributed by atoms with van der Waals surface area (Å²) in [6, 6.07) is 4.25. The Morgan fingerprint density at radius 1 is 1.55 bits per heavy atom. The average Bonchev–Trinajstić information content (AvgIpc) is 2.84. The Morgan fingerprint density at radius 2 is 2.35 bits per heavy atom. The lowest BCUT2D eigenvalue weighted by molar-refractivity contribution is 0.0922. The fourth-order valence-corrected chi connectivity index (χ4v) is 2.23. The molecule has 1 aliphatic heterocycles. The fraction of sp³-hybridized carbons (Fsp3) is 0.500. The topological polar surface area (TPSA) is 70.6 Å². The first kappa shape index (κ1) is 14.7. The maximum Gasteiger partial charge on any atom is 0.255 e. The van der Waals surface area contributed by atoms with Crippen LogP contribution in [0, 0.1) is 11.7 Å². The Bertz CT molecular complexity index is 481. The largest absolute Gasteiger partial charge is 0.490 e. The van der Waals surface area contributed by atoms with E-state index in [1.165, 1.54) is 18.2 Å². The first-order chi connectivity index (χ1) is 9.63. The Hall–Kier alpha value is -1.66. The summed E-state index contributed by atoms with van der Waals surface area (Å²) in [6.45, 7) is 3.55. The molecule has 1 aromatic rings. The van der Waals surface area contributed by atoms with Gasteiger partial charge in [0.2, 0.25) is 0 Å². The molecular formula is C14H19FN2O3. The number of amides is 1. The van der Waals surface area contributed by atoms with E-state index < -0.39 is 17.8 Å². The molecule has 0 spiro atoms. The van der Waals surface area contributed by atoms with Crippen LogP contribution < -0.4 is 15.4 Å². The minimum atomic E-state index is -0.554. The molecule has 2 rings (SSSR count). The van der Waals surface area contributed by atoms with Gasteiger partial charge in [0, 0.05) is 25.6 Å². The highest BCUT2D eigenvalue weighted by atomic mass is 19.1. The zero-order valence-electron chi connectivity index (χ0n) is 11.4. The van der Waals surface area contributed by atoms with E-state index in [1.54, 1.807) is 6.92 Å². The van der Waals surface area contributed by atoms with Gasteiger partial charge in [0.15, 0.2) is 11.6 Å². The smallest absolute Gasteiger partial charge is 0.255 e. The maximum atomic E-state index is 13.6. The van der Waals surface area contributed by atoms with Crippen molar-refractivity contribution in [3.05, 3.63) is 29.6 Å². The fourth-order valence-electron chi connectivity index (χ4n) is 2.23. The molecule has 6 heteroatoms. The van der Waals surface area contributed by atoms with Crippen molar-refractivity contribution in [2.75, 3.05) is 26.2 Å². The van der Waals surface area contributed by atoms with Crippen molar-refractivity contribution in [1.82, 2.24) is 10.6 Å². The molecule has 1 amide bonds. The van der Waals surface area contributed by atoms with Crippen LogP contribution in [0.2, 0.25) is 0 Å². The minimum absolute atomic E-state index is 0.0250. The van der Waals surface area contributed by atoms with Gasteiger partial charge in [-0.15, -0.1) is 0 Å². The van der Waals surface area contributed by atoms with E-state index in [-0.39, 0.29) is 23.8 Å². The van der Waals surface area contributed by atoms with Gasteiger partial charge < -0.3 is 20.5 Å². The summed E-state index contributed by atoms with van der Waals surface area (Å²) in [5.41, 5.74) is 0.173. The summed E-state index contributed by atoms with van der Waals surface area (Å²) in [7, 11) is 0. The van der Waals surface area contributed by atoms with E-state index in [2.05, 4.69) is 10.6 Å². The first-order valence-electron chi connectivity index (χ1n) is 6.71. The van der Waals surface area contributed by atoms with Crippen molar-refractivity contribution in [3.63, 3.8) is 0 Å². The molecule has 0 radical (unpaired) electrons. The monoisotopic (exact) mass is 282 g/mol. The molecule has 110 valence electrons. The number of carbonyl (C=O) groups excluding carboxylic acids is 1. The number of nitrogens with one attached hydrogen (secondary N) is 2. The number of rotatable bonds is 5.